The molecule has 0 unspecified atom stereocenters. The van der Waals surface area contributed by atoms with Gasteiger partial charge >= 0.3 is 0 Å². The first-order valence-corrected chi connectivity index (χ1v) is 6.65. The van der Waals surface area contributed by atoms with Gasteiger partial charge in [0.25, 0.3) is 0 Å². The molecule has 0 saturated carbocycles. The molecule has 1 aromatic heterocycles. The van der Waals surface area contributed by atoms with Crippen molar-refractivity contribution in [2.45, 2.75) is 25.8 Å². The molecular weight excluding hydrogens is 222 g/mol. The van der Waals surface area contributed by atoms with Gasteiger partial charge in [-0.05, 0) is 37.9 Å². The molecule has 0 atom stereocenters. The van der Waals surface area contributed by atoms with Crippen LogP contribution in [0.2, 0.25) is 0 Å². The maximum atomic E-state index is 4.03. The van der Waals surface area contributed by atoms with Gasteiger partial charge in [0.1, 0.15) is 0 Å². The molecule has 0 spiro atoms. The molecule has 0 aliphatic carbocycles. The Hall–Kier alpha value is -1.61. The van der Waals surface area contributed by atoms with Crippen LogP contribution >= 0.6 is 0 Å². The predicted octanol–water partition coefficient (Wildman–Crippen LogP) is 2.50. The zero-order valence-electron chi connectivity index (χ0n) is 10.8. The van der Waals surface area contributed by atoms with Crippen LogP contribution in [0.3, 0.4) is 0 Å². The second-order valence-corrected chi connectivity index (χ2v) is 4.49. The first-order valence-electron chi connectivity index (χ1n) is 6.65. The van der Waals surface area contributed by atoms with Crippen LogP contribution in [0.5, 0.6) is 0 Å². The van der Waals surface area contributed by atoms with E-state index in [-0.39, 0.29) is 0 Å². The average Bonchev–Trinajstić information content (AvgIpc) is 2.92. The third-order valence-corrected chi connectivity index (χ3v) is 2.99. The molecule has 96 valence electrons. The molecule has 0 amide bonds. The van der Waals surface area contributed by atoms with Crippen LogP contribution in [0.25, 0.3) is 0 Å². The number of aryl methyl sites for hydroxylation is 2. The third-order valence-electron chi connectivity index (χ3n) is 2.99. The number of aromatic nitrogens is 2. The van der Waals surface area contributed by atoms with E-state index in [1.807, 2.05) is 18.7 Å². The minimum atomic E-state index is 1.05. The highest BCUT2D eigenvalue weighted by Gasteiger charge is 1.93. The van der Waals surface area contributed by atoms with Crippen LogP contribution in [0, 0.1) is 0 Å². The summed E-state index contributed by atoms with van der Waals surface area (Å²) in [7, 11) is 0. The zero-order chi connectivity index (χ0) is 12.5. The Morgan fingerprint density at radius 2 is 1.89 bits per heavy atom. The lowest BCUT2D eigenvalue weighted by Crippen LogP contribution is -2.18. The molecule has 0 fully saturated rings. The van der Waals surface area contributed by atoms with Crippen molar-refractivity contribution in [3.63, 3.8) is 0 Å². The molecule has 18 heavy (non-hydrogen) atoms. The predicted molar refractivity (Wildman–Crippen MR) is 74.5 cm³/mol. The standard InChI is InChI=1S/C15H21N3/c1-2-6-15(7-3-1)8-4-9-16-10-5-12-18-13-11-17-14-18/h1-3,6-7,11,13-14,16H,4-5,8-10,12H2. The molecule has 2 aromatic rings. The minimum absolute atomic E-state index is 1.05. The number of benzene rings is 1. The molecular formula is C15H21N3. The van der Waals surface area contributed by atoms with Gasteiger partial charge in [0.15, 0.2) is 0 Å². The first kappa shape index (κ1) is 12.8. The highest BCUT2D eigenvalue weighted by Crippen LogP contribution is 2.01. The quantitative estimate of drug-likeness (QED) is 0.722. The fourth-order valence-corrected chi connectivity index (χ4v) is 1.99. The van der Waals surface area contributed by atoms with Crippen LogP contribution in [-0.2, 0) is 13.0 Å². The van der Waals surface area contributed by atoms with Crippen LogP contribution < -0.4 is 5.32 Å². The summed E-state index contributed by atoms with van der Waals surface area (Å²) in [4.78, 5) is 4.03. The largest absolute Gasteiger partial charge is 0.337 e. The molecule has 1 heterocycles. The lowest BCUT2D eigenvalue weighted by atomic mass is 10.1. The molecule has 1 N–H and O–H groups in total. The SMILES string of the molecule is c1ccc(CCCNCCCn2ccnc2)cc1. The van der Waals surface area contributed by atoms with Crippen LogP contribution in [-0.4, -0.2) is 22.6 Å². The lowest BCUT2D eigenvalue weighted by molar-refractivity contribution is 0.571. The van der Waals surface area contributed by atoms with Gasteiger partial charge in [0, 0.05) is 18.9 Å². The minimum Gasteiger partial charge on any atom is -0.337 e. The van der Waals surface area contributed by atoms with Gasteiger partial charge in [-0.1, -0.05) is 30.3 Å². The van der Waals surface area contributed by atoms with E-state index in [9.17, 15) is 0 Å². The Bertz CT molecular complexity index is 409. The van der Waals surface area contributed by atoms with E-state index < -0.39 is 0 Å². The Balaban J connectivity index is 1.47. The van der Waals surface area contributed by atoms with E-state index in [1.54, 1.807) is 0 Å². The summed E-state index contributed by atoms with van der Waals surface area (Å²) < 4.78 is 2.12. The normalized spacial score (nSPS) is 10.7. The number of nitrogens with zero attached hydrogens (tertiary/aromatic N) is 2. The fourth-order valence-electron chi connectivity index (χ4n) is 1.99. The van der Waals surface area contributed by atoms with Crippen molar-refractivity contribution < 1.29 is 0 Å². The Morgan fingerprint density at radius 3 is 2.67 bits per heavy atom. The van der Waals surface area contributed by atoms with E-state index >= 15 is 0 Å². The topological polar surface area (TPSA) is 29.9 Å². The number of nitrogens with one attached hydrogen (secondary N) is 1. The van der Waals surface area contributed by atoms with Gasteiger partial charge in [-0.25, -0.2) is 4.98 Å². The van der Waals surface area contributed by atoms with Crippen LogP contribution in [0.15, 0.2) is 49.1 Å². The molecule has 3 heteroatoms. The van der Waals surface area contributed by atoms with Gasteiger partial charge in [-0.3, -0.25) is 0 Å². The summed E-state index contributed by atoms with van der Waals surface area (Å²) in [5, 5.41) is 3.48. The van der Waals surface area contributed by atoms with Crippen molar-refractivity contribution >= 4 is 0 Å². The van der Waals surface area contributed by atoms with E-state index in [0.717, 1.165) is 32.5 Å². The van der Waals surface area contributed by atoms with Gasteiger partial charge in [-0.2, -0.15) is 0 Å². The Labute approximate surface area is 109 Å². The summed E-state index contributed by atoms with van der Waals surface area (Å²) in [6.45, 7) is 3.22. The van der Waals surface area contributed by atoms with E-state index in [2.05, 4.69) is 45.2 Å². The van der Waals surface area contributed by atoms with Gasteiger partial charge in [-0.15, -0.1) is 0 Å². The highest BCUT2D eigenvalue weighted by molar-refractivity contribution is 5.14. The molecule has 1 aromatic carbocycles. The molecule has 0 saturated heterocycles. The average molecular weight is 243 g/mol. The maximum Gasteiger partial charge on any atom is 0.0945 e. The molecule has 0 radical (unpaired) electrons. The van der Waals surface area contributed by atoms with Crippen molar-refractivity contribution in [3.05, 3.63) is 54.6 Å². The molecule has 0 bridgehead atoms. The Kier molecular flexibility index (Phi) is 5.47. The monoisotopic (exact) mass is 243 g/mol. The molecule has 0 aliphatic rings. The molecule has 2 rings (SSSR count). The van der Waals surface area contributed by atoms with Crippen LogP contribution in [0.4, 0.5) is 0 Å². The summed E-state index contributed by atoms with van der Waals surface area (Å²) in [6.07, 6.45) is 9.23. The second-order valence-electron chi connectivity index (χ2n) is 4.49. The second kappa shape index (κ2) is 7.67. The molecule has 3 nitrogen and oxygen atoms in total. The van der Waals surface area contributed by atoms with Crippen molar-refractivity contribution in [1.29, 1.82) is 0 Å². The lowest BCUT2D eigenvalue weighted by Gasteiger charge is -2.05. The number of rotatable bonds is 8. The highest BCUT2D eigenvalue weighted by atomic mass is 15.0. The smallest absolute Gasteiger partial charge is 0.0945 e. The van der Waals surface area contributed by atoms with E-state index in [4.69, 9.17) is 0 Å². The summed E-state index contributed by atoms with van der Waals surface area (Å²) >= 11 is 0. The Morgan fingerprint density at radius 1 is 1.06 bits per heavy atom. The van der Waals surface area contributed by atoms with Crippen molar-refractivity contribution in [2.75, 3.05) is 13.1 Å². The molecule has 0 aliphatic heterocycles. The van der Waals surface area contributed by atoms with Crippen molar-refractivity contribution in [3.8, 4) is 0 Å². The van der Waals surface area contributed by atoms with Crippen molar-refractivity contribution in [2.24, 2.45) is 0 Å². The summed E-state index contributed by atoms with van der Waals surface area (Å²) in [5.41, 5.74) is 1.43. The maximum absolute atomic E-state index is 4.03. The summed E-state index contributed by atoms with van der Waals surface area (Å²) in [6, 6.07) is 10.7. The number of imidazole rings is 1. The number of hydrogen-bond acceptors (Lipinski definition) is 2. The third kappa shape index (κ3) is 4.72. The van der Waals surface area contributed by atoms with Crippen LogP contribution in [0.1, 0.15) is 18.4 Å². The van der Waals surface area contributed by atoms with Gasteiger partial charge < -0.3 is 9.88 Å². The van der Waals surface area contributed by atoms with Crippen molar-refractivity contribution in [1.82, 2.24) is 14.9 Å². The van der Waals surface area contributed by atoms with Gasteiger partial charge in [0.2, 0.25) is 0 Å². The fraction of sp³-hybridized carbons (Fsp3) is 0.400. The van der Waals surface area contributed by atoms with E-state index in [1.165, 1.54) is 12.0 Å². The number of hydrogen-bond donors (Lipinski definition) is 1. The summed E-state index contributed by atoms with van der Waals surface area (Å²) in [5.74, 6) is 0. The first-order chi connectivity index (χ1) is 8.95. The zero-order valence-corrected chi connectivity index (χ0v) is 10.8. The van der Waals surface area contributed by atoms with Gasteiger partial charge in [0.05, 0.1) is 6.33 Å². The van der Waals surface area contributed by atoms with E-state index in [0.29, 0.717) is 0 Å².